The third-order valence-corrected chi connectivity index (χ3v) is 7.40. The van der Waals surface area contributed by atoms with E-state index in [2.05, 4.69) is 20.9 Å². The van der Waals surface area contributed by atoms with Crippen LogP contribution in [0.4, 0.5) is 14.9 Å². The van der Waals surface area contributed by atoms with E-state index in [4.69, 9.17) is 4.74 Å². The van der Waals surface area contributed by atoms with Crippen LogP contribution < -0.4 is 20.9 Å². The number of carbonyl (C=O) groups excluding carboxylic acids is 3. The average Bonchev–Trinajstić information content (AvgIpc) is 2.76. The van der Waals surface area contributed by atoms with Gasteiger partial charge in [-0.1, -0.05) is 6.07 Å². The Bertz CT molecular complexity index is 965. The second-order valence-electron chi connectivity index (χ2n) is 11.5. The molecule has 0 spiro atoms. The van der Waals surface area contributed by atoms with Crippen LogP contribution in [0.25, 0.3) is 0 Å². The summed E-state index contributed by atoms with van der Waals surface area (Å²) in [6.07, 6.45) is 5.16. The number of rotatable bonds is 7. The number of carbonyl (C=O) groups is 3. The number of nitrogens with zero attached hydrogens (tertiary/aromatic N) is 1. The van der Waals surface area contributed by atoms with E-state index in [1.165, 1.54) is 6.07 Å². The lowest BCUT2D eigenvalue weighted by Crippen LogP contribution is -2.49. The molecule has 3 aliphatic rings. The summed E-state index contributed by atoms with van der Waals surface area (Å²) in [6, 6.07) is 5.44. The summed E-state index contributed by atoms with van der Waals surface area (Å²) in [4.78, 5) is 37.4. The summed E-state index contributed by atoms with van der Waals surface area (Å²) in [5, 5.41) is 8.74. The van der Waals surface area contributed by atoms with Gasteiger partial charge in [0.05, 0.1) is 11.6 Å². The molecular weight excluding hydrogens is 463 g/mol. The highest BCUT2D eigenvalue weighted by Gasteiger charge is 2.33. The van der Waals surface area contributed by atoms with E-state index in [-0.39, 0.29) is 41.8 Å². The van der Waals surface area contributed by atoms with Gasteiger partial charge in [-0.05, 0) is 89.5 Å². The van der Waals surface area contributed by atoms with Crippen LogP contribution in [0.5, 0.6) is 0 Å². The Balaban J connectivity index is 1.14. The Labute approximate surface area is 212 Å². The van der Waals surface area contributed by atoms with Gasteiger partial charge in [-0.25, -0.2) is 9.18 Å². The molecule has 2 saturated heterocycles. The average molecular weight is 503 g/mol. The predicted octanol–water partition coefficient (Wildman–Crippen LogP) is 3.60. The number of piperidine rings is 2. The van der Waals surface area contributed by atoms with Gasteiger partial charge in [-0.2, -0.15) is 0 Å². The molecule has 3 N–H and O–H groups in total. The van der Waals surface area contributed by atoms with E-state index >= 15 is 0 Å². The molecule has 1 atom stereocenters. The number of benzene rings is 1. The summed E-state index contributed by atoms with van der Waals surface area (Å²) in [5.41, 5.74) is 0.915. The van der Waals surface area contributed by atoms with Crippen molar-refractivity contribution < 1.29 is 23.5 Å². The molecular formula is C27H39FN4O4. The number of hydrogen-bond acceptors (Lipinski definition) is 6. The topological polar surface area (TPSA) is 99.8 Å². The third-order valence-electron chi connectivity index (χ3n) is 7.40. The van der Waals surface area contributed by atoms with Crippen molar-refractivity contribution in [1.29, 1.82) is 0 Å². The molecule has 2 aliphatic heterocycles. The molecule has 0 radical (unpaired) electrons. The quantitative estimate of drug-likeness (QED) is 0.493. The minimum absolute atomic E-state index is 0.00985. The van der Waals surface area contributed by atoms with Crippen LogP contribution in [0, 0.1) is 11.7 Å². The molecule has 1 aromatic carbocycles. The van der Waals surface area contributed by atoms with Crippen LogP contribution >= 0.6 is 0 Å². The summed E-state index contributed by atoms with van der Waals surface area (Å²) in [6.45, 7) is 8.34. The molecule has 3 amide bonds. The van der Waals surface area contributed by atoms with E-state index in [1.54, 1.807) is 6.07 Å². The first kappa shape index (κ1) is 26.4. The van der Waals surface area contributed by atoms with Gasteiger partial charge in [0.25, 0.3) is 0 Å². The number of ether oxygens (including phenoxy) is 1. The minimum atomic E-state index is -0.470. The zero-order valence-corrected chi connectivity index (χ0v) is 21.6. The Hall–Kier alpha value is -2.68. The SMILES string of the molecule is CC(C)(C)NC(=O)OC1CC(NCCC2CCN(c3ccc(C4CCC(=O)NC4=O)cc3F)CC2)C1. The molecule has 0 aromatic heterocycles. The molecule has 1 aromatic rings. The summed E-state index contributed by atoms with van der Waals surface area (Å²) < 4.78 is 20.4. The van der Waals surface area contributed by atoms with Gasteiger partial charge in [0.2, 0.25) is 11.8 Å². The van der Waals surface area contributed by atoms with Gasteiger partial charge in [0.15, 0.2) is 0 Å². The van der Waals surface area contributed by atoms with Gasteiger partial charge in [0.1, 0.15) is 11.9 Å². The van der Waals surface area contributed by atoms with Crippen molar-refractivity contribution in [2.24, 2.45) is 5.92 Å². The summed E-state index contributed by atoms with van der Waals surface area (Å²) >= 11 is 0. The van der Waals surface area contributed by atoms with Crippen LogP contribution in [-0.2, 0) is 14.3 Å². The Kier molecular flexibility index (Phi) is 8.17. The van der Waals surface area contributed by atoms with Gasteiger partial charge < -0.3 is 20.3 Å². The van der Waals surface area contributed by atoms with Crippen molar-refractivity contribution in [3.63, 3.8) is 0 Å². The first-order valence-corrected chi connectivity index (χ1v) is 13.2. The molecule has 4 rings (SSSR count). The number of hydrogen-bond donors (Lipinski definition) is 3. The number of imide groups is 1. The van der Waals surface area contributed by atoms with E-state index in [0.717, 1.165) is 51.7 Å². The van der Waals surface area contributed by atoms with Crippen molar-refractivity contribution in [2.75, 3.05) is 24.5 Å². The van der Waals surface area contributed by atoms with Gasteiger partial charge in [0, 0.05) is 31.1 Å². The highest BCUT2D eigenvalue weighted by atomic mass is 19.1. The Morgan fingerprint density at radius 3 is 2.53 bits per heavy atom. The number of anilines is 1. The van der Waals surface area contributed by atoms with Gasteiger partial charge >= 0.3 is 6.09 Å². The summed E-state index contributed by atoms with van der Waals surface area (Å²) in [5.74, 6) is -0.788. The molecule has 198 valence electrons. The molecule has 3 fully saturated rings. The standard InChI is InChI=1S/C27H39FN4O4/c1-27(2,3)31-26(35)36-20-15-19(16-20)29-11-8-17-9-12-32(13-10-17)23-6-4-18(14-22(23)28)21-5-7-24(33)30-25(21)34/h4,6,14,17,19-21,29H,5,7-13,15-16H2,1-3H3,(H,31,35)(H,30,33,34). The zero-order valence-electron chi connectivity index (χ0n) is 21.6. The van der Waals surface area contributed by atoms with Gasteiger partial charge in [-0.15, -0.1) is 0 Å². The molecule has 0 bridgehead atoms. The van der Waals surface area contributed by atoms with Crippen LogP contribution in [0.3, 0.4) is 0 Å². The zero-order chi connectivity index (χ0) is 25.9. The maximum Gasteiger partial charge on any atom is 0.407 e. The van der Waals surface area contributed by atoms with Crippen molar-refractivity contribution in [1.82, 2.24) is 16.0 Å². The number of amides is 3. The monoisotopic (exact) mass is 502 g/mol. The van der Waals surface area contributed by atoms with E-state index in [0.29, 0.717) is 29.6 Å². The fraction of sp³-hybridized carbons (Fsp3) is 0.667. The second kappa shape index (κ2) is 11.2. The molecule has 8 nitrogen and oxygen atoms in total. The van der Waals surface area contributed by atoms with E-state index in [9.17, 15) is 18.8 Å². The predicted molar refractivity (Wildman–Crippen MR) is 135 cm³/mol. The minimum Gasteiger partial charge on any atom is -0.446 e. The molecule has 1 saturated carbocycles. The van der Waals surface area contributed by atoms with Crippen LogP contribution in [0.15, 0.2) is 18.2 Å². The highest BCUT2D eigenvalue weighted by Crippen LogP contribution is 2.32. The van der Waals surface area contributed by atoms with Gasteiger partial charge in [-0.3, -0.25) is 14.9 Å². The molecule has 1 unspecified atom stereocenters. The fourth-order valence-corrected chi connectivity index (χ4v) is 5.28. The summed E-state index contributed by atoms with van der Waals surface area (Å²) in [7, 11) is 0. The van der Waals surface area contributed by atoms with E-state index < -0.39 is 5.92 Å². The maximum absolute atomic E-state index is 14.9. The van der Waals surface area contributed by atoms with Crippen molar-refractivity contribution in [3.8, 4) is 0 Å². The highest BCUT2D eigenvalue weighted by molar-refractivity contribution is 6.00. The normalized spacial score (nSPS) is 25.2. The smallest absolute Gasteiger partial charge is 0.407 e. The molecule has 2 heterocycles. The molecule has 36 heavy (non-hydrogen) atoms. The number of nitrogens with one attached hydrogen (secondary N) is 3. The van der Waals surface area contributed by atoms with Crippen LogP contribution in [0.2, 0.25) is 0 Å². The van der Waals surface area contributed by atoms with Crippen LogP contribution in [0.1, 0.15) is 77.2 Å². The number of alkyl carbamates (subject to hydrolysis) is 1. The molecule has 9 heteroatoms. The van der Waals surface area contributed by atoms with Crippen molar-refractivity contribution in [2.45, 2.75) is 89.3 Å². The largest absolute Gasteiger partial charge is 0.446 e. The lowest BCUT2D eigenvalue weighted by Gasteiger charge is -2.37. The lowest BCUT2D eigenvalue weighted by atomic mass is 9.88. The second-order valence-corrected chi connectivity index (χ2v) is 11.5. The lowest BCUT2D eigenvalue weighted by molar-refractivity contribution is -0.134. The fourth-order valence-electron chi connectivity index (χ4n) is 5.28. The Morgan fingerprint density at radius 1 is 1.17 bits per heavy atom. The van der Waals surface area contributed by atoms with E-state index in [1.807, 2.05) is 26.8 Å². The maximum atomic E-state index is 14.9. The first-order chi connectivity index (χ1) is 17.1. The number of halogens is 1. The van der Waals surface area contributed by atoms with Crippen molar-refractivity contribution in [3.05, 3.63) is 29.6 Å². The first-order valence-electron chi connectivity index (χ1n) is 13.2. The third kappa shape index (κ3) is 6.96. The molecule has 1 aliphatic carbocycles. The van der Waals surface area contributed by atoms with Crippen molar-refractivity contribution >= 4 is 23.6 Å². The van der Waals surface area contributed by atoms with Crippen LogP contribution in [-0.4, -0.2) is 55.2 Å². The Morgan fingerprint density at radius 2 is 1.89 bits per heavy atom.